The number of nitrogens with one attached hydrogen (secondary N) is 1. The second-order valence-corrected chi connectivity index (χ2v) is 4.77. The molecule has 1 heterocycles. The lowest BCUT2D eigenvalue weighted by atomic mass is 10.4. The van der Waals surface area contributed by atoms with Crippen molar-refractivity contribution >= 4 is 0 Å². The van der Waals surface area contributed by atoms with E-state index in [0.29, 0.717) is 0 Å². The molecule has 0 atom stereocenters. The summed E-state index contributed by atoms with van der Waals surface area (Å²) in [7, 11) is 0. The molecule has 1 saturated carbocycles. The molecule has 4 nitrogen and oxygen atoms in total. The van der Waals surface area contributed by atoms with Crippen molar-refractivity contribution in [2.45, 2.75) is 39.3 Å². The lowest BCUT2D eigenvalue weighted by Gasteiger charge is -2.09. The summed E-state index contributed by atoms with van der Waals surface area (Å²) in [5.41, 5.74) is 1.24. The number of imidazole rings is 1. The molecule has 0 aromatic carbocycles. The van der Waals surface area contributed by atoms with Crippen LogP contribution < -0.4 is 5.32 Å². The average molecular weight is 237 g/mol. The SMILES string of the molecule is CCCNCc1cncn1CCOCC1CC1. The first-order valence-corrected chi connectivity index (χ1v) is 6.67. The van der Waals surface area contributed by atoms with Gasteiger partial charge >= 0.3 is 0 Å². The number of rotatable bonds is 9. The Balaban J connectivity index is 1.65. The standard InChI is InChI=1S/C13H23N3O/c1-2-5-14-8-13-9-15-11-16(13)6-7-17-10-12-3-4-12/h9,11-12,14H,2-8,10H2,1H3. The van der Waals surface area contributed by atoms with E-state index < -0.39 is 0 Å². The Hall–Kier alpha value is -0.870. The molecule has 0 amide bonds. The monoisotopic (exact) mass is 237 g/mol. The van der Waals surface area contributed by atoms with Crippen LogP contribution in [-0.2, 0) is 17.8 Å². The molecule has 96 valence electrons. The fraction of sp³-hybridized carbons (Fsp3) is 0.769. The van der Waals surface area contributed by atoms with E-state index in [0.717, 1.165) is 38.8 Å². The van der Waals surface area contributed by atoms with E-state index in [1.165, 1.54) is 25.0 Å². The van der Waals surface area contributed by atoms with E-state index in [1.54, 1.807) is 0 Å². The highest BCUT2D eigenvalue weighted by Gasteiger charge is 2.20. The highest BCUT2D eigenvalue weighted by molar-refractivity contribution is 4.97. The van der Waals surface area contributed by atoms with Crippen LogP contribution in [0.4, 0.5) is 0 Å². The average Bonchev–Trinajstić information content (AvgIpc) is 3.06. The fourth-order valence-corrected chi connectivity index (χ4v) is 1.79. The molecular weight excluding hydrogens is 214 g/mol. The van der Waals surface area contributed by atoms with Gasteiger partial charge in [0.25, 0.3) is 0 Å². The number of hydrogen-bond acceptors (Lipinski definition) is 3. The summed E-state index contributed by atoms with van der Waals surface area (Å²) in [5.74, 6) is 0.850. The predicted molar refractivity (Wildman–Crippen MR) is 67.8 cm³/mol. The summed E-state index contributed by atoms with van der Waals surface area (Å²) in [6, 6.07) is 0. The minimum atomic E-state index is 0.799. The summed E-state index contributed by atoms with van der Waals surface area (Å²) < 4.78 is 7.82. The Morgan fingerprint density at radius 3 is 3.18 bits per heavy atom. The molecule has 2 rings (SSSR count). The van der Waals surface area contributed by atoms with Gasteiger partial charge in [0.15, 0.2) is 0 Å². The van der Waals surface area contributed by atoms with E-state index >= 15 is 0 Å². The van der Waals surface area contributed by atoms with E-state index in [4.69, 9.17) is 4.74 Å². The minimum Gasteiger partial charge on any atom is -0.379 e. The first-order valence-electron chi connectivity index (χ1n) is 6.67. The van der Waals surface area contributed by atoms with Gasteiger partial charge in [-0.05, 0) is 31.7 Å². The quantitative estimate of drug-likeness (QED) is 0.666. The van der Waals surface area contributed by atoms with Crippen molar-refractivity contribution in [1.82, 2.24) is 14.9 Å². The zero-order valence-corrected chi connectivity index (χ0v) is 10.7. The van der Waals surface area contributed by atoms with Gasteiger partial charge in [0.05, 0.1) is 18.6 Å². The van der Waals surface area contributed by atoms with Crippen molar-refractivity contribution in [2.24, 2.45) is 5.92 Å². The highest BCUT2D eigenvalue weighted by atomic mass is 16.5. The lowest BCUT2D eigenvalue weighted by Crippen LogP contribution is -2.18. The molecular formula is C13H23N3O. The third-order valence-corrected chi connectivity index (χ3v) is 3.06. The highest BCUT2D eigenvalue weighted by Crippen LogP contribution is 2.28. The molecule has 4 heteroatoms. The molecule has 1 aromatic rings. The predicted octanol–water partition coefficient (Wildman–Crippen LogP) is 1.81. The van der Waals surface area contributed by atoms with Gasteiger partial charge in [0.2, 0.25) is 0 Å². The molecule has 0 aliphatic heterocycles. The molecule has 0 saturated heterocycles. The Kier molecular flexibility index (Phi) is 5.01. The summed E-state index contributed by atoms with van der Waals surface area (Å²) in [6.45, 7) is 6.79. The largest absolute Gasteiger partial charge is 0.379 e. The van der Waals surface area contributed by atoms with Gasteiger partial charge in [-0.3, -0.25) is 0 Å². The molecule has 1 aliphatic rings. The number of hydrogen-bond donors (Lipinski definition) is 1. The van der Waals surface area contributed by atoms with Gasteiger partial charge in [-0.15, -0.1) is 0 Å². The molecule has 1 fully saturated rings. The van der Waals surface area contributed by atoms with E-state index in [2.05, 4.69) is 21.8 Å². The zero-order chi connectivity index (χ0) is 11.9. The number of aromatic nitrogens is 2. The Morgan fingerprint density at radius 1 is 1.53 bits per heavy atom. The van der Waals surface area contributed by atoms with Crippen LogP contribution in [0, 0.1) is 5.92 Å². The van der Waals surface area contributed by atoms with E-state index in [-0.39, 0.29) is 0 Å². The van der Waals surface area contributed by atoms with Gasteiger partial charge in [-0.2, -0.15) is 0 Å². The first-order chi connectivity index (χ1) is 8.40. The van der Waals surface area contributed by atoms with Gasteiger partial charge in [-0.25, -0.2) is 4.98 Å². The second kappa shape index (κ2) is 6.77. The van der Waals surface area contributed by atoms with Crippen LogP contribution in [0.15, 0.2) is 12.5 Å². The van der Waals surface area contributed by atoms with Gasteiger partial charge in [0, 0.05) is 25.9 Å². The van der Waals surface area contributed by atoms with Crippen molar-refractivity contribution < 1.29 is 4.74 Å². The fourth-order valence-electron chi connectivity index (χ4n) is 1.79. The van der Waals surface area contributed by atoms with Crippen LogP contribution in [0.1, 0.15) is 31.9 Å². The van der Waals surface area contributed by atoms with Crippen molar-refractivity contribution in [2.75, 3.05) is 19.8 Å². The van der Waals surface area contributed by atoms with Crippen LogP contribution in [0.2, 0.25) is 0 Å². The van der Waals surface area contributed by atoms with Crippen molar-refractivity contribution in [3.05, 3.63) is 18.2 Å². The van der Waals surface area contributed by atoms with Crippen LogP contribution in [0.5, 0.6) is 0 Å². The lowest BCUT2D eigenvalue weighted by molar-refractivity contribution is 0.116. The second-order valence-electron chi connectivity index (χ2n) is 4.77. The molecule has 1 N–H and O–H groups in total. The maximum absolute atomic E-state index is 5.64. The zero-order valence-electron chi connectivity index (χ0n) is 10.7. The maximum atomic E-state index is 5.64. The molecule has 17 heavy (non-hydrogen) atoms. The van der Waals surface area contributed by atoms with Crippen molar-refractivity contribution in [1.29, 1.82) is 0 Å². The summed E-state index contributed by atoms with van der Waals surface area (Å²) in [4.78, 5) is 4.19. The molecule has 1 aromatic heterocycles. The van der Waals surface area contributed by atoms with Gasteiger partial charge in [-0.1, -0.05) is 6.92 Å². The molecule has 0 bridgehead atoms. The third kappa shape index (κ3) is 4.48. The van der Waals surface area contributed by atoms with Crippen LogP contribution >= 0.6 is 0 Å². The van der Waals surface area contributed by atoms with Gasteiger partial charge in [0.1, 0.15) is 0 Å². The normalized spacial score (nSPS) is 15.4. The minimum absolute atomic E-state index is 0.799. The summed E-state index contributed by atoms with van der Waals surface area (Å²) >= 11 is 0. The van der Waals surface area contributed by atoms with Gasteiger partial charge < -0.3 is 14.6 Å². The number of ether oxygens (including phenoxy) is 1. The van der Waals surface area contributed by atoms with Crippen molar-refractivity contribution in [3.8, 4) is 0 Å². The topological polar surface area (TPSA) is 39.1 Å². The Labute approximate surface area is 103 Å². The molecule has 0 spiro atoms. The first kappa shape index (κ1) is 12.6. The van der Waals surface area contributed by atoms with E-state index in [1.807, 2.05) is 12.5 Å². The Bertz CT molecular complexity index is 320. The Morgan fingerprint density at radius 2 is 2.41 bits per heavy atom. The van der Waals surface area contributed by atoms with Crippen molar-refractivity contribution in [3.63, 3.8) is 0 Å². The third-order valence-electron chi connectivity index (χ3n) is 3.06. The summed E-state index contributed by atoms with van der Waals surface area (Å²) in [5, 5.41) is 3.39. The smallest absolute Gasteiger partial charge is 0.0949 e. The molecule has 1 aliphatic carbocycles. The molecule has 0 radical (unpaired) electrons. The van der Waals surface area contributed by atoms with Crippen LogP contribution in [0.3, 0.4) is 0 Å². The van der Waals surface area contributed by atoms with Crippen LogP contribution in [-0.4, -0.2) is 29.3 Å². The molecule has 0 unspecified atom stereocenters. The number of nitrogens with zero attached hydrogens (tertiary/aromatic N) is 2. The maximum Gasteiger partial charge on any atom is 0.0949 e. The summed E-state index contributed by atoms with van der Waals surface area (Å²) in [6.07, 6.45) is 7.71. The van der Waals surface area contributed by atoms with Crippen LogP contribution in [0.25, 0.3) is 0 Å². The van der Waals surface area contributed by atoms with E-state index in [9.17, 15) is 0 Å².